The van der Waals surface area contributed by atoms with Gasteiger partial charge in [0.05, 0.1) is 17.3 Å². The number of nitrogens with one attached hydrogen (secondary N) is 1. The first-order valence-electron chi connectivity index (χ1n) is 7.06. The molecule has 0 saturated heterocycles. The van der Waals surface area contributed by atoms with E-state index in [2.05, 4.69) is 51.1 Å². The molecule has 0 unspecified atom stereocenters. The molecule has 21 heavy (non-hydrogen) atoms. The molecule has 2 aromatic rings. The Morgan fingerprint density at radius 2 is 2.00 bits per heavy atom. The first-order valence-corrected chi connectivity index (χ1v) is 7.85. The number of ether oxygens (including phenoxy) is 1. The summed E-state index contributed by atoms with van der Waals surface area (Å²) < 4.78 is 6.25. The van der Waals surface area contributed by atoms with Gasteiger partial charge < -0.3 is 10.1 Å². The Bertz CT molecular complexity index is 644. The lowest BCUT2D eigenvalue weighted by molar-refractivity contribution is 0.412. The van der Waals surface area contributed by atoms with Crippen LogP contribution in [-0.4, -0.2) is 23.6 Å². The van der Waals surface area contributed by atoms with E-state index in [-0.39, 0.29) is 0 Å². The zero-order valence-electron chi connectivity index (χ0n) is 12.8. The highest BCUT2D eigenvalue weighted by atomic mass is 79.9. The number of aryl methyl sites for hydroxylation is 2. The van der Waals surface area contributed by atoms with E-state index in [1.165, 1.54) is 0 Å². The van der Waals surface area contributed by atoms with Crippen LogP contribution >= 0.6 is 15.9 Å². The molecular weight excluding hydrogens is 330 g/mol. The molecule has 0 aliphatic rings. The van der Waals surface area contributed by atoms with Crippen LogP contribution in [0.1, 0.15) is 25.1 Å². The normalized spacial score (nSPS) is 10.5. The number of methoxy groups -OCH3 is 1. The molecule has 0 atom stereocenters. The van der Waals surface area contributed by atoms with Crippen LogP contribution in [0.2, 0.25) is 0 Å². The number of aromatic nitrogens is 2. The summed E-state index contributed by atoms with van der Waals surface area (Å²) >= 11 is 3.58. The third kappa shape index (κ3) is 3.35. The molecule has 0 amide bonds. The largest absolute Gasteiger partial charge is 0.496 e. The molecule has 0 saturated carbocycles. The van der Waals surface area contributed by atoms with Gasteiger partial charge >= 0.3 is 0 Å². The molecule has 0 fully saturated rings. The molecule has 1 aromatic carbocycles. The Labute approximate surface area is 134 Å². The third-order valence-corrected chi connectivity index (χ3v) is 4.09. The standard InChI is InChI=1S/C16H20BrN3O/c1-5-12-14(17)16(18-6-2)20-15(19-12)11-7-8-13(21-4)10(3)9-11/h7-9H,5-6H2,1-4H3,(H,18,19,20). The molecule has 1 aromatic heterocycles. The number of rotatable bonds is 5. The minimum Gasteiger partial charge on any atom is -0.496 e. The minimum atomic E-state index is 0.733. The van der Waals surface area contributed by atoms with Crippen LogP contribution in [0.3, 0.4) is 0 Å². The fraction of sp³-hybridized carbons (Fsp3) is 0.375. The van der Waals surface area contributed by atoms with Crippen LogP contribution in [0.15, 0.2) is 22.7 Å². The van der Waals surface area contributed by atoms with Crippen molar-refractivity contribution >= 4 is 21.7 Å². The van der Waals surface area contributed by atoms with Gasteiger partial charge in [-0.15, -0.1) is 0 Å². The van der Waals surface area contributed by atoms with Crippen LogP contribution in [0.25, 0.3) is 11.4 Å². The molecule has 4 nitrogen and oxygen atoms in total. The maximum atomic E-state index is 5.30. The van der Waals surface area contributed by atoms with Gasteiger partial charge in [-0.3, -0.25) is 0 Å². The number of nitrogens with zero attached hydrogens (tertiary/aromatic N) is 2. The molecule has 112 valence electrons. The van der Waals surface area contributed by atoms with Crippen molar-refractivity contribution in [3.8, 4) is 17.1 Å². The van der Waals surface area contributed by atoms with Gasteiger partial charge in [0, 0.05) is 12.1 Å². The predicted molar refractivity (Wildman–Crippen MR) is 90.0 cm³/mol. The summed E-state index contributed by atoms with van der Waals surface area (Å²) in [7, 11) is 1.68. The van der Waals surface area contributed by atoms with Crippen molar-refractivity contribution in [1.29, 1.82) is 0 Å². The van der Waals surface area contributed by atoms with E-state index in [1.54, 1.807) is 7.11 Å². The summed E-state index contributed by atoms with van der Waals surface area (Å²) in [5, 5.41) is 3.28. The highest BCUT2D eigenvalue weighted by Crippen LogP contribution is 2.29. The molecule has 0 aliphatic carbocycles. The lowest BCUT2D eigenvalue weighted by Gasteiger charge is -2.12. The van der Waals surface area contributed by atoms with E-state index in [0.717, 1.165) is 51.7 Å². The summed E-state index contributed by atoms with van der Waals surface area (Å²) in [6, 6.07) is 6.00. The summed E-state index contributed by atoms with van der Waals surface area (Å²) in [5.41, 5.74) is 3.07. The minimum absolute atomic E-state index is 0.733. The van der Waals surface area contributed by atoms with E-state index >= 15 is 0 Å². The second kappa shape index (κ2) is 6.89. The van der Waals surface area contributed by atoms with Crippen molar-refractivity contribution in [2.24, 2.45) is 0 Å². The fourth-order valence-electron chi connectivity index (χ4n) is 2.16. The van der Waals surface area contributed by atoms with Gasteiger partial charge in [0.15, 0.2) is 5.82 Å². The Morgan fingerprint density at radius 3 is 2.57 bits per heavy atom. The average Bonchev–Trinajstić information content (AvgIpc) is 2.49. The van der Waals surface area contributed by atoms with Gasteiger partial charge in [-0.2, -0.15) is 0 Å². The predicted octanol–water partition coefficient (Wildman–Crippen LogP) is 4.22. The number of hydrogen-bond donors (Lipinski definition) is 1. The van der Waals surface area contributed by atoms with Crippen LogP contribution in [0, 0.1) is 6.92 Å². The molecule has 5 heteroatoms. The van der Waals surface area contributed by atoms with Crippen molar-refractivity contribution < 1.29 is 4.74 Å². The van der Waals surface area contributed by atoms with Crippen LogP contribution in [-0.2, 0) is 6.42 Å². The van der Waals surface area contributed by atoms with Gasteiger partial charge in [-0.25, -0.2) is 9.97 Å². The number of hydrogen-bond acceptors (Lipinski definition) is 4. The van der Waals surface area contributed by atoms with Gasteiger partial charge in [0.1, 0.15) is 11.6 Å². The quantitative estimate of drug-likeness (QED) is 0.877. The molecule has 0 radical (unpaired) electrons. The fourth-order valence-corrected chi connectivity index (χ4v) is 2.76. The Hall–Kier alpha value is -1.62. The summed E-state index contributed by atoms with van der Waals surface area (Å²) in [6.07, 6.45) is 0.851. The molecule has 0 spiro atoms. The number of anilines is 1. The maximum Gasteiger partial charge on any atom is 0.161 e. The van der Waals surface area contributed by atoms with E-state index in [4.69, 9.17) is 4.74 Å². The van der Waals surface area contributed by atoms with Gasteiger partial charge in [-0.05, 0) is 60.0 Å². The SMILES string of the molecule is CCNc1nc(-c2ccc(OC)c(C)c2)nc(CC)c1Br. The van der Waals surface area contributed by atoms with Gasteiger partial charge in [-0.1, -0.05) is 6.92 Å². The van der Waals surface area contributed by atoms with E-state index < -0.39 is 0 Å². The highest BCUT2D eigenvalue weighted by Gasteiger charge is 2.12. The van der Waals surface area contributed by atoms with Crippen LogP contribution in [0.5, 0.6) is 5.75 Å². The van der Waals surface area contributed by atoms with E-state index in [1.807, 2.05) is 19.1 Å². The molecule has 0 bridgehead atoms. The second-order valence-corrected chi connectivity index (χ2v) is 5.52. The van der Waals surface area contributed by atoms with Gasteiger partial charge in [0.2, 0.25) is 0 Å². The van der Waals surface area contributed by atoms with Crippen LogP contribution in [0.4, 0.5) is 5.82 Å². The third-order valence-electron chi connectivity index (χ3n) is 3.25. The first-order chi connectivity index (χ1) is 10.1. The van der Waals surface area contributed by atoms with Gasteiger partial charge in [0.25, 0.3) is 0 Å². The smallest absolute Gasteiger partial charge is 0.161 e. The molecule has 2 rings (SSSR count). The summed E-state index contributed by atoms with van der Waals surface area (Å²) in [6.45, 7) is 6.98. The highest BCUT2D eigenvalue weighted by molar-refractivity contribution is 9.10. The van der Waals surface area contributed by atoms with Crippen molar-refractivity contribution in [3.63, 3.8) is 0 Å². The van der Waals surface area contributed by atoms with Crippen molar-refractivity contribution in [2.75, 3.05) is 19.0 Å². The number of halogens is 1. The lowest BCUT2D eigenvalue weighted by atomic mass is 10.1. The summed E-state index contributed by atoms with van der Waals surface area (Å²) in [4.78, 5) is 9.29. The van der Waals surface area contributed by atoms with E-state index in [0.29, 0.717) is 0 Å². The second-order valence-electron chi connectivity index (χ2n) is 4.72. The monoisotopic (exact) mass is 349 g/mol. The first kappa shape index (κ1) is 15.8. The van der Waals surface area contributed by atoms with Crippen molar-refractivity contribution in [2.45, 2.75) is 27.2 Å². The maximum absolute atomic E-state index is 5.30. The Kier molecular flexibility index (Phi) is 5.17. The Balaban J connectivity index is 2.52. The molecule has 1 N–H and O–H groups in total. The molecule has 1 heterocycles. The van der Waals surface area contributed by atoms with Crippen molar-refractivity contribution in [1.82, 2.24) is 9.97 Å². The summed E-state index contributed by atoms with van der Waals surface area (Å²) in [5.74, 6) is 2.45. The average molecular weight is 350 g/mol. The van der Waals surface area contributed by atoms with E-state index in [9.17, 15) is 0 Å². The van der Waals surface area contributed by atoms with Crippen LogP contribution < -0.4 is 10.1 Å². The molecule has 0 aliphatic heterocycles. The Morgan fingerprint density at radius 1 is 1.24 bits per heavy atom. The van der Waals surface area contributed by atoms with Crippen molar-refractivity contribution in [3.05, 3.63) is 33.9 Å². The lowest BCUT2D eigenvalue weighted by Crippen LogP contribution is -2.06. The molecular formula is C16H20BrN3O. The zero-order valence-corrected chi connectivity index (χ0v) is 14.4. The number of benzene rings is 1. The zero-order chi connectivity index (χ0) is 15.4. The topological polar surface area (TPSA) is 47.0 Å².